The summed E-state index contributed by atoms with van der Waals surface area (Å²) in [4.78, 5) is 20.6. The van der Waals surface area contributed by atoms with Gasteiger partial charge in [-0.05, 0) is 0 Å². The van der Waals surface area contributed by atoms with E-state index in [9.17, 15) is 14.9 Å². The topological polar surface area (TPSA) is 81.5 Å². The van der Waals surface area contributed by atoms with Crippen molar-refractivity contribution in [3.8, 4) is 0 Å². The average Bonchev–Trinajstić information content (AvgIpc) is 2.13. The molecule has 0 aromatic carbocycles. The van der Waals surface area contributed by atoms with E-state index in [1.165, 1.54) is 7.05 Å². The van der Waals surface area contributed by atoms with Gasteiger partial charge in [0.1, 0.15) is 0 Å². The van der Waals surface area contributed by atoms with E-state index in [0.29, 0.717) is 0 Å². The van der Waals surface area contributed by atoms with Gasteiger partial charge in [-0.2, -0.15) is 0 Å². The van der Waals surface area contributed by atoms with Gasteiger partial charge in [0.05, 0.1) is 0 Å². The quantitative estimate of drug-likeness (QED) is 0.353. The van der Waals surface area contributed by atoms with Crippen molar-refractivity contribution in [1.82, 2.24) is 5.32 Å². The molecule has 0 rings (SSSR count). The lowest BCUT2D eigenvalue weighted by Gasteiger charge is -2.16. The molecule has 0 aliphatic carbocycles. The zero-order valence-electron chi connectivity index (χ0n) is 7.37. The predicted molar refractivity (Wildman–Crippen MR) is 49.4 cm³/mol. The molecule has 0 heterocycles. The SMILES string of the molecule is CCC(Br)(COC(=O)NC)[N+](=O)[O-]. The third-order valence-electron chi connectivity index (χ3n) is 1.50. The monoisotopic (exact) mass is 254 g/mol. The lowest BCUT2D eigenvalue weighted by Crippen LogP contribution is -2.38. The zero-order valence-corrected chi connectivity index (χ0v) is 8.96. The average molecular weight is 255 g/mol. The Morgan fingerprint density at radius 2 is 2.31 bits per heavy atom. The summed E-state index contributed by atoms with van der Waals surface area (Å²) in [6, 6.07) is 0. The molecule has 0 aromatic heterocycles. The van der Waals surface area contributed by atoms with Gasteiger partial charge in [0.15, 0.2) is 6.61 Å². The first-order valence-electron chi connectivity index (χ1n) is 3.64. The van der Waals surface area contributed by atoms with Crippen LogP contribution in [0.15, 0.2) is 0 Å². The number of nitrogens with one attached hydrogen (secondary N) is 1. The fourth-order valence-corrected chi connectivity index (χ4v) is 0.647. The molecule has 0 aliphatic rings. The van der Waals surface area contributed by atoms with Crippen LogP contribution in [-0.2, 0) is 4.74 Å². The van der Waals surface area contributed by atoms with Crippen molar-refractivity contribution in [3.05, 3.63) is 10.1 Å². The molecule has 0 aliphatic heterocycles. The number of halogens is 1. The number of amides is 1. The van der Waals surface area contributed by atoms with Crippen LogP contribution in [-0.4, -0.2) is 29.1 Å². The molecule has 0 radical (unpaired) electrons. The fraction of sp³-hybridized carbons (Fsp3) is 0.833. The van der Waals surface area contributed by atoms with Crippen molar-refractivity contribution in [2.45, 2.75) is 17.8 Å². The van der Waals surface area contributed by atoms with Crippen molar-refractivity contribution in [3.63, 3.8) is 0 Å². The van der Waals surface area contributed by atoms with Crippen molar-refractivity contribution in [1.29, 1.82) is 0 Å². The summed E-state index contributed by atoms with van der Waals surface area (Å²) >= 11 is 2.90. The smallest absolute Gasteiger partial charge is 0.407 e. The molecule has 0 fully saturated rings. The number of nitrogens with zero attached hydrogens (tertiary/aromatic N) is 1. The number of hydrogen-bond acceptors (Lipinski definition) is 4. The summed E-state index contributed by atoms with van der Waals surface area (Å²) in [5, 5.41) is 12.7. The molecule has 0 spiro atoms. The Hall–Kier alpha value is -0.850. The Morgan fingerprint density at radius 3 is 2.62 bits per heavy atom. The molecular weight excluding hydrogens is 244 g/mol. The first kappa shape index (κ1) is 12.2. The molecule has 0 bridgehead atoms. The molecule has 1 amide bonds. The van der Waals surface area contributed by atoms with Crippen LogP contribution in [0.5, 0.6) is 0 Å². The van der Waals surface area contributed by atoms with Gasteiger partial charge in [-0.15, -0.1) is 0 Å². The number of ether oxygens (including phenoxy) is 1. The van der Waals surface area contributed by atoms with Gasteiger partial charge in [-0.25, -0.2) is 4.79 Å². The minimum absolute atomic E-state index is 0.233. The maximum absolute atomic E-state index is 10.6. The highest BCUT2D eigenvalue weighted by Gasteiger charge is 2.39. The number of alkyl carbamates (subject to hydrolysis) is 1. The lowest BCUT2D eigenvalue weighted by atomic mass is 10.2. The third kappa shape index (κ3) is 3.58. The van der Waals surface area contributed by atoms with Crippen LogP contribution in [0.2, 0.25) is 0 Å². The summed E-state index contributed by atoms with van der Waals surface area (Å²) in [5.74, 6) is 0. The number of alkyl halides is 1. The molecule has 0 saturated carbocycles. The van der Waals surface area contributed by atoms with E-state index < -0.39 is 15.5 Å². The molecule has 6 nitrogen and oxygen atoms in total. The molecular formula is C6H11BrN2O4. The van der Waals surface area contributed by atoms with Gasteiger partial charge >= 0.3 is 10.5 Å². The highest BCUT2D eigenvalue weighted by Crippen LogP contribution is 2.23. The number of carbonyl (C=O) groups is 1. The second kappa shape index (κ2) is 5.00. The van der Waals surface area contributed by atoms with Crippen molar-refractivity contribution in [2.24, 2.45) is 0 Å². The maximum Gasteiger partial charge on any atom is 0.407 e. The number of hydrogen-bond donors (Lipinski definition) is 1. The van der Waals surface area contributed by atoms with Crippen molar-refractivity contribution < 1.29 is 14.5 Å². The van der Waals surface area contributed by atoms with Gasteiger partial charge in [-0.3, -0.25) is 10.1 Å². The van der Waals surface area contributed by atoms with Gasteiger partial charge in [0.2, 0.25) is 0 Å². The highest BCUT2D eigenvalue weighted by molar-refractivity contribution is 9.10. The van der Waals surface area contributed by atoms with E-state index in [2.05, 4.69) is 26.0 Å². The molecule has 1 N–H and O–H groups in total. The molecule has 1 unspecified atom stereocenters. The van der Waals surface area contributed by atoms with Crippen LogP contribution in [0, 0.1) is 10.1 Å². The summed E-state index contributed by atoms with van der Waals surface area (Å²) in [7, 11) is 1.39. The van der Waals surface area contributed by atoms with Gasteiger partial charge in [0, 0.05) is 34.3 Å². The maximum atomic E-state index is 10.6. The molecule has 1 atom stereocenters. The molecule has 0 aromatic rings. The van der Waals surface area contributed by atoms with E-state index in [1.807, 2.05) is 0 Å². The Labute approximate surface area is 83.9 Å². The Bertz CT molecular complexity index is 211. The number of nitro groups is 1. The molecule has 13 heavy (non-hydrogen) atoms. The standard InChI is InChI=1S/C6H11BrN2O4/c1-3-6(7,9(11)12)4-13-5(10)8-2/h3-4H2,1-2H3,(H,8,10). The van der Waals surface area contributed by atoms with Gasteiger partial charge in [-0.1, -0.05) is 6.92 Å². The summed E-state index contributed by atoms with van der Waals surface area (Å²) in [6.07, 6.45) is -0.448. The minimum Gasteiger partial charge on any atom is -0.441 e. The number of carbonyl (C=O) groups excluding carboxylic acids is 1. The van der Waals surface area contributed by atoms with E-state index in [-0.39, 0.29) is 13.0 Å². The van der Waals surface area contributed by atoms with Crippen LogP contribution in [0.4, 0.5) is 4.79 Å². The van der Waals surface area contributed by atoms with Crippen LogP contribution in [0.1, 0.15) is 13.3 Å². The number of rotatable bonds is 4. The first-order chi connectivity index (χ1) is 5.96. The van der Waals surface area contributed by atoms with Gasteiger partial charge < -0.3 is 10.1 Å². The largest absolute Gasteiger partial charge is 0.441 e. The van der Waals surface area contributed by atoms with Crippen molar-refractivity contribution in [2.75, 3.05) is 13.7 Å². The van der Waals surface area contributed by atoms with Crippen LogP contribution < -0.4 is 5.32 Å². The fourth-order valence-electron chi connectivity index (χ4n) is 0.532. The van der Waals surface area contributed by atoms with E-state index >= 15 is 0 Å². The Balaban J connectivity index is 4.13. The van der Waals surface area contributed by atoms with Gasteiger partial charge in [0.25, 0.3) is 0 Å². The first-order valence-corrected chi connectivity index (χ1v) is 4.43. The molecule has 76 valence electrons. The third-order valence-corrected chi connectivity index (χ3v) is 2.58. The van der Waals surface area contributed by atoms with E-state index in [1.54, 1.807) is 6.92 Å². The van der Waals surface area contributed by atoms with Crippen LogP contribution >= 0.6 is 15.9 Å². The summed E-state index contributed by atoms with van der Waals surface area (Å²) in [6.45, 7) is 1.33. The van der Waals surface area contributed by atoms with Crippen LogP contribution in [0.3, 0.4) is 0 Å². The zero-order chi connectivity index (χ0) is 10.5. The minimum atomic E-state index is -1.38. The lowest BCUT2D eigenvalue weighted by molar-refractivity contribution is -0.538. The Kier molecular flexibility index (Phi) is 4.68. The van der Waals surface area contributed by atoms with E-state index in [0.717, 1.165) is 0 Å². The molecule has 0 saturated heterocycles. The summed E-state index contributed by atoms with van der Waals surface area (Å²) in [5.41, 5.74) is 0. The highest BCUT2D eigenvalue weighted by atomic mass is 79.9. The second-order valence-corrected chi connectivity index (χ2v) is 3.83. The van der Waals surface area contributed by atoms with Crippen LogP contribution in [0.25, 0.3) is 0 Å². The Morgan fingerprint density at radius 1 is 1.77 bits per heavy atom. The summed E-state index contributed by atoms with van der Waals surface area (Å²) < 4.78 is 3.19. The molecule has 7 heteroatoms. The van der Waals surface area contributed by atoms with E-state index in [4.69, 9.17) is 0 Å². The normalized spacial score (nSPS) is 14.4. The van der Waals surface area contributed by atoms with Crippen molar-refractivity contribution >= 4 is 22.0 Å². The second-order valence-electron chi connectivity index (χ2n) is 2.35. The predicted octanol–water partition coefficient (Wildman–Crippen LogP) is 1.12.